The number of hydrogen-bond donors (Lipinski definition) is 0. The highest BCUT2D eigenvalue weighted by Gasteiger charge is 2.37. The molecule has 0 fully saturated rings. The summed E-state index contributed by atoms with van der Waals surface area (Å²) in [5, 5.41) is 0. The zero-order valence-corrected chi connectivity index (χ0v) is 8.91. The Hall–Kier alpha value is -0.540. The monoisotopic (exact) mass is 341 g/mol. The number of rotatable bonds is 1. The second-order valence-corrected chi connectivity index (χ2v) is 3.57. The highest BCUT2D eigenvalue weighted by Crippen LogP contribution is 2.35. The predicted octanol–water partition coefficient (Wildman–Crippen LogP) is 3.78. The molecule has 1 aromatic rings. The van der Waals surface area contributed by atoms with Crippen molar-refractivity contribution >= 4 is 22.6 Å². The number of alkyl halides is 5. The van der Waals surface area contributed by atoms with E-state index in [2.05, 4.69) is 4.98 Å². The molecule has 0 aromatic carbocycles. The van der Waals surface area contributed by atoms with Crippen LogP contribution >= 0.6 is 22.6 Å². The van der Waals surface area contributed by atoms with E-state index in [4.69, 9.17) is 0 Å². The molecule has 0 saturated carbocycles. The van der Waals surface area contributed by atoms with Crippen molar-refractivity contribution in [3.8, 4) is 0 Å². The molecule has 84 valence electrons. The molecule has 0 amide bonds. The SMILES string of the molecule is Fc1cc(C(F)F)c(I)c(C(F)(F)F)n1. The van der Waals surface area contributed by atoms with Gasteiger partial charge in [-0.05, 0) is 22.6 Å². The first kappa shape index (κ1) is 12.5. The molecular weight excluding hydrogens is 339 g/mol. The average molecular weight is 341 g/mol. The highest BCUT2D eigenvalue weighted by atomic mass is 127. The lowest BCUT2D eigenvalue weighted by atomic mass is 10.2. The Balaban J connectivity index is 3.42. The molecule has 0 atom stereocenters. The third kappa shape index (κ3) is 2.73. The largest absolute Gasteiger partial charge is 0.434 e. The summed E-state index contributed by atoms with van der Waals surface area (Å²) in [5.74, 6) is -1.57. The van der Waals surface area contributed by atoms with E-state index in [0.29, 0.717) is 6.07 Å². The second-order valence-electron chi connectivity index (χ2n) is 2.50. The molecule has 0 bridgehead atoms. The molecule has 1 rings (SSSR count). The van der Waals surface area contributed by atoms with Gasteiger partial charge in [0.1, 0.15) is 0 Å². The summed E-state index contributed by atoms with van der Waals surface area (Å²) in [4.78, 5) is 2.55. The smallest absolute Gasteiger partial charge is 0.214 e. The number of aromatic nitrogens is 1. The van der Waals surface area contributed by atoms with Gasteiger partial charge in [-0.1, -0.05) is 0 Å². The van der Waals surface area contributed by atoms with Crippen LogP contribution in [0.5, 0.6) is 0 Å². The molecule has 0 aliphatic heterocycles. The van der Waals surface area contributed by atoms with Crippen LogP contribution in [0.4, 0.5) is 26.3 Å². The maximum atomic E-state index is 12.6. The van der Waals surface area contributed by atoms with Crippen molar-refractivity contribution in [2.45, 2.75) is 12.6 Å². The first-order valence-corrected chi connectivity index (χ1v) is 4.52. The van der Waals surface area contributed by atoms with E-state index in [1.165, 1.54) is 0 Å². The van der Waals surface area contributed by atoms with Gasteiger partial charge in [-0.2, -0.15) is 17.6 Å². The Labute approximate surface area is 93.6 Å². The first-order chi connectivity index (χ1) is 6.73. The summed E-state index contributed by atoms with van der Waals surface area (Å²) in [7, 11) is 0. The van der Waals surface area contributed by atoms with Crippen LogP contribution in [0.2, 0.25) is 0 Å². The number of hydrogen-bond acceptors (Lipinski definition) is 1. The average Bonchev–Trinajstić information content (AvgIpc) is 2.06. The van der Waals surface area contributed by atoms with E-state index in [9.17, 15) is 26.3 Å². The van der Waals surface area contributed by atoms with E-state index in [-0.39, 0.29) is 0 Å². The summed E-state index contributed by atoms with van der Waals surface area (Å²) in [5.41, 5.74) is -2.63. The molecule has 0 unspecified atom stereocenters. The van der Waals surface area contributed by atoms with E-state index in [0.717, 1.165) is 22.6 Å². The van der Waals surface area contributed by atoms with Crippen molar-refractivity contribution in [1.82, 2.24) is 4.98 Å². The molecule has 0 aliphatic carbocycles. The number of pyridine rings is 1. The van der Waals surface area contributed by atoms with Crippen LogP contribution in [0.1, 0.15) is 17.7 Å². The van der Waals surface area contributed by atoms with Crippen molar-refractivity contribution in [2.24, 2.45) is 0 Å². The molecule has 0 aliphatic rings. The lowest BCUT2D eigenvalue weighted by Gasteiger charge is -2.11. The van der Waals surface area contributed by atoms with Crippen molar-refractivity contribution in [1.29, 1.82) is 0 Å². The van der Waals surface area contributed by atoms with Crippen LogP contribution in [0.3, 0.4) is 0 Å². The van der Waals surface area contributed by atoms with Crippen LogP contribution in [-0.4, -0.2) is 4.98 Å². The van der Waals surface area contributed by atoms with Crippen molar-refractivity contribution < 1.29 is 26.3 Å². The Morgan fingerprint density at radius 1 is 1.27 bits per heavy atom. The van der Waals surface area contributed by atoms with Crippen LogP contribution < -0.4 is 0 Å². The van der Waals surface area contributed by atoms with Crippen molar-refractivity contribution in [2.75, 3.05) is 0 Å². The molecule has 1 nitrogen and oxygen atoms in total. The van der Waals surface area contributed by atoms with Crippen molar-refractivity contribution in [3.05, 3.63) is 26.8 Å². The Kier molecular flexibility index (Phi) is 3.46. The van der Waals surface area contributed by atoms with Gasteiger partial charge in [-0.15, -0.1) is 0 Å². The molecule has 0 saturated heterocycles. The minimum atomic E-state index is -4.94. The van der Waals surface area contributed by atoms with E-state index < -0.39 is 33.4 Å². The maximum Gasteiger partial charge on any atom is 0.434 e. The summed E-state index contributed by atoms with van der Waals surface area (Å²) >= 11 is 1.07. The summed E-state index contributed by atoms with van der Waals surface area (Å²) < 4.78 is 72.8. The van der Waals surface area contributed by atoms with Gasteiger partial charge in [0.25, 0.3) is 6.43 Å². The van der Waals surface area contributed by atoms with Gasteiger partial charge in [0.15, 0.2) is 5.69 Å². The molecule has 0 N–H and O–H groups in total. The minimum Gasteiger partial charge on any atom is -0.214 e. The Bertz CT molecular complexity index is 374. The van der Waals surface area contributed by atoms with E-state index in [1.54, 1.807) is 0 Å². The normalized spacial score (nSPS) is 12.3. The zero-order chi connectivity index (χ0) is 11.8. The van der Waals surface area contributed by atoms with Crippen LogP contribution in [0.15, 0.2) is 6.07 Å². The highest BCUT2D eigenvalue weighted by molar-refractivity contribution is 14.1. The van der Waals surface area contributed by atoms with Gasteiger partial charge in [0, 0.05) is 11.6 Å². The van der Waals surface area contributed by atoms with Crippen molar-refractivity contribution in [3.63, 3.8) is 0 Å². The fraction of sp³-hybridized carbons (Fsp3) is 0.286. The fourth-order valence-electron chi connectivity index (χ4n) is 0.863. The van der Waals surface area contributed by atoms with Crippen LogP contribution in [0, 0.1) is 9.52 Å². The maximum absolute atomic E-state index is 12.6. The molecule has 1 aromatic heterocycles. The predicted molar refractivity (Wildman–Crippen MR) is 46.9 cm³/mol. The van der Waals surface area contributed by atoms with Gasteiger partial charge < -0.3 is 0 Å². The van der Waals surface area contributed by atoms with Gasteiger partial charge in [0.05, 0.1) is 3.57 Å². The third-order valence-corrected chi connectivity index (χ3v) is 2.59. The molecule has 0 spiro atoms. The van der Waals surface area contributed by atoms with Gasteiger partial charge in [0.2, 0.25) is 5.95 Å². The first-order valence-electron chi connectivity index (χ1n) is 3.44. The topological polar surface area (TPSA) is 12.9 Å². The quantitative estimate of drug-likeness (QED) is 0.430. The second kappa shape index (κ2) is 4.14. The van der Waals surface area contributed by atoms with E-state index >= 15 is 0 Å². The molecule has 1 heterocycles. The molecule has 15 heavy (non-hydrogen) atoms. The van der Waals surface area contributed by atoms with Gasteiger partial charge >= 0.3 is 6.18 Å². The molecule has 0 radical (unpaired) electrons. The summed E-state index contributed by atoms with van der Waals surface area (Å²) in [6, 6.07) is 0.293. The van der Waals surface area contributed by atoms with Crippen LogP contribution in [-0.2, 0) is 6.18 Å². The van der Waals surface area contributed by atoms with Gasteiger partial charge in [-0.3, -0.25) is 0 Å². The Morgan fingerprint density at radius 3 is 2.20 bits per heavy atom. The zero-order valence-electron chi connectivity index (χ0n) is 6.75. The molecular formula is C7H2F6IN. The standard InChI is InChI=1S/C7H2F6IN/c8-3-1-2(6(9)10)4(14)5(15-3)7(11,12)13/h1,6H. The Morgan fingerprint density at radius 2 is 1.80 bits per heavy atom. The molecule has 8 heteroatoms. The lowest BCUT2D eigenvalue weighted by Crippen LogP contribution is -2.13. The summed E-state index contributed by atoms with van der Waals surface area (Å²) in [6.07, 6.45) is -8.11. The fourth-order valence-corrected chi connectivity index (χ4v) is 1.68. The lowest BCUT2D eigenvalue weighted by molar-refractivity contribution is -0.142. The summed E-state index contributed by atoms with van der Waals surface area (Å²) in [6.45, 7) is 0. The van der Waals surface area contributed by atoms with E-state index in [1.807, 2.05) is 0 Å². The minimum absolute atomic E-state index is 0.293. The number of nitrogens with zero attached hydrogens (tertiary/aromatic N) is 1. The van der Waals surface area contributed by atoms with Crippen LogP contribution in [0.25, 0.3) is 0 Å². The number of halogens is 7. The van der Waals surface area contributed by atoms with Gasteiger partial charge in [-0.25, -0.2) is 13.8 Å². The third-order valence-electron chi connectivity index (χ3n) is 1.46.